The van der Waals surface area contributed by atoms with Crippen molar-refractivity contribution in [3.8, 4) is 0 Å². The van der Waals surface area contributed by atoms with Gasteiger partial charge in [0.05, 0.1) is 0 Å². The fourth-order valence-corrected chi connectivity index (χ4v) is 2.95. The number of thioether (sulfide) groups is 1. The van der Waals surface area contributed by atoms with Gasteiger partial charge in [-0.25, -0.2) is 0 Å². The van der Waals surface area contributed by atoms with E-state index in [4.69, 9.17) is 17.3 Å². The van der Waals surface area contributed by atoms with Crippen LogP contribution in [0, 0.1) is 0 Å². The predicted molar refractivity (Wildman–Crippen MR) is 88.8 cm³/mol. The minimum absolute atomic E-state index is 0.244. The molecule has 0 spiro atoms. The summed E-state index contributed by atoms with van der Waals surface area (Å²) in [5.41, 5.74) is 6.83. The number of rotatable bonds is 6. The van der Waals surface area contributed by atoms with Crippen molar-refractivity contribution in [1.29, 1.82) is 0 Å². The maximum atomic E-state index is 6.15. The van der Waals surface area contributed by atoms with Crippen LogP contribution in [0.4, 0.5) is 11.9 Å². The molecule has 0 radical (unpaired) electrons. The summed E-state index contributed by atoms with van der Waals surface area (Å²) >= 11 is 7.65. The zero-order valence-corrected chi connectivity index (χ0v) is 13.7. The average molecular weight is 324 g/mol. The third-order valence-electron chi connectivity index (χ3n) is 2.98. The van der Waals surface area contributed by atoms with Crippen molar-refractivity contribution in [3.63, 3.8) is 0 Å². The highest BCUT2D eigenvalue weighted by Gasteiger charge is 2.10. The van der Waals surface area contributed by atoms with E-state index < -0.39 is 0 Å². The lowest BCUT2D eigenvalue weighted by molar-refractivity contribution is 0.786. The van der Waals surface area contributed by atoms with Gasteiger partial charge >= 0.3 is 0 Å². The summed E-state index contributed by atoms with van der Waals surface area (Å²) in [6, 6.07) is 7.74. The van der Waals surface area contributed by atoms with E-state index in [1.165, 1.54) is 11.8 Å². The Balaban J connectivity index is 2.15. The molecule has 1 aromatic heterocycles. The van der Waals surface area contributed by atoms with Crippen LogP contribution in [0.25, 0.3) is 0 Å². The van der Waals surface area contributed by atoms with Gasteiger partial charge in [0.15, 0.2) is 5.16 Å². The molecule has 0 aliphatic carbocycles. The molecule has 0 atom stereocenters. The molecular formula is C14H18ClN5S. The Bertz CT molecular complexity index is 604. The first-order chi connectivity index (χ1) is 10.1. The van der Waals surface area contributed by atoms with Crippen LogP contribution in [0.3, 0.4) is 0 Å². The van der Waals surface area contributed by atoms with E-state index in [0.29, 0.717) is 16.9 Å². The molecule has 1 aromatic carbocycles. The first-order valence-corrected chi connectivity index (χ1v) is 8.13. The van der Waals surface area contributed by atoms with Gasteiger partial charge in [-0.2, -0.15) is 15.0 Å². The Hall–Kier alpha value is -1.53. The number of nitrogens with zero attached hydrogens (tertiary/aromatic N) is 4. The van der Waals surface area contributed by atoms with Gasteiger partial charge in [-0.05, 0) is 25.5 Å². The highest BCUT2D eigenvalue weighted by Crippen LogP contribution is 2.25. The summed E-state index contributed by atoms with van der Waals surface area (Å²) < 4.78 is 0. The first kappa shape index (κ1) is 15.9. The van der Waals surface area contributed by atoms with Gasteiger partial charge in [0.25, 0.3) is 0 Å². The molecule has 2 aromatic rings. The SMILES string of the molecule is CCN(CC)c1nc(N)nc(SCc2ccccc2Cl)n1. The maximum Gasteiger partial charge on any atom is 0.231 e. The van der Waals surface area contributed by atoms with Gasteiger partial charge in [0.2, 0.25) is 11.9 Å². The van der Waals surface area contributed by atoms with E-state index in [1.54, 1.807) is 0 Å². The molecule has 1 heterocycles. The van der Waals surface area contributed by atoms with Crippen molar-refractivity contribution in [2.75, 3.05) is 23.7 Å². The van der Waals surface area contributed by atoms with Crippen molar-refractivity contribution in [2.24, 2.45) is 0 Å². The van der Waals surface area contributed by atoms with Gasteiger partial charge in [-0.15, -0.1) is 0 Å². The fourth-order valence-electron chi connectivity index (χ4n) is 1.83. The summed E-state index contributed by atoms with van der Waals surface area (Å²) in [5, 5.41) is 1.36. The van der Waals surface area contributed by atoms with Crippen molar-refractivity contribution in [2.45, 2.75) is 24.8 Å². The summed E-state index contributed by atoms with van der Waals surface area (Å²) in [5.74, 6) is 1.56. The Labute approximate surface area is 133 Å². The molecule has 2 rings (SSSR count). The van der Waals surface area contributed by atoms with E-state index in [2.05, 4.69) is 28.8 Å². The van der Waals surface area contributed by atoms with Crippen LogP contribution in [0.1, 0.15) is 19.4 Å². The molecule has 0 saturated heterocycles. The van der Waals surface area contributed by atoms with Crippen molar-refractivity contribution >= 4 is 35.3 Å². The number of nitrogens with two attached hydrogens (primary N) is 1. The van der Waals surface area contributed by atoms with Crippen LogP contribution in [0.2, 0.25) is 5.02 Å². The smallest absolute Gasteiger partial charge is 0.231 e. The quantitative estimate of drug-likeness (QED) is 0.823. The number of halogens is 1. The van der Waals surface area contributed by atoms with Crippen molar-refractivity contribution in [3.05, 3.63) is 34.9 Å². The molecule has 0 saturated carbocycles. The highest BCUT2D eigenvalue weighted by molar-refractivity contribution is 7.98. The number of benzene rings is 1. The van der Waals surface area contributed by atoms with E-state index in [1.807, 2.05) is 29.2 Å². The molecular weight excluding hydrogens is 306 g/mol. The van der Waals surface area contributed by atoms with Crippen LogP contribution in [-0.4, -0.2) is 28.0 Å². The number of hydrogen-bond acceptors (Lipinski definition) is 6. The average Bonchev–Trinajstić information content (AvgIpc) is 2.47. The third-order valence-corrected chi connectivity index (χ3v) is 4.25. The van der Waals surface area contributed by atoms with Gasteiger partial charge in [-0.1, -0.05) is 41.6 Å². The first-order valence-electron chi connectivity index (χ1n) is 6.76. The fraction of sp³-hybridized carbons (Fsp3) is 0.357. The Morgan fingerprint density at radius 1 is 1.14 bits per heavy atom. The van der Waals surface area contributed by atoms with Crippen LogP contribution < -0.4 is 10.6 Å². The predicted octanol–water partition coefficient (Wildman–Crippen LogP) is 3.25. The van der Waals surface area contributed by atoms with Gasteiger partial charge in [-0.3, -0.25) is 0 Å². The van der Waals surface area contributed by atoms with Crippen LogP contribution in [-0.2, 0) is 5.75 Å². The second-order valence-corrected chi connectivity index (χ2v) is 5.68. The summed E-state index contributed by atoms with van der Waals surface area (Å²) in [7, 11) is 0. The van der Waals surface area contributed by atoms with Crippen molar-refractivity contribution in [1.82, 2.24) is 15.0 Å². The zero-order valence-electron chi connectivity index (χ0n) is 12.1. The van der Waals surface area contributed by atoms with Gasteiger partial charge in [0, 0.05) is 23.9 Å². The number of hydrogen-bond donors (Lipinski definition) is 1. The molecule has 0 amide bonds. The maximum absolute atomic E-state index is 6.15. The Morgan fingerprint density at radius 2 is 1.86 bits per heavy atom. The van der Waals surface area contributed by atoms with Crippen LogP contribution >= 0.6 is 23.4 Å². The van der Waals surface area contributed by atoms with E-state index >= 15 is 0 Å². The second kappa shape index (κ2) is 7.47. The van der Waals surface area contributed by atoms with E-state index in [-0.39, 0.29) is 5.95 Å². The summed E-state index contributed by atoms with van der Waals surface area (Å²) in [6.07, 6.45) is 0. The standard InChI is InChI=1S/C14H18ClN5S/c1-3-20(4-2)13-17-12(16)18-14(19-13)21-9-10-7-5-6-8-11(10)15/h5-8H,3-4,9H2,1-2H3,(H2,16,17,18,19). The zero-order chi connectivity index (χ0) is 15.2. The monoisotopic (exact) mass is 323 g/mol. The van der Waals surface area contributed by atoms with Crippen LogP contribution in [0.5, 0.6) is 0 Å². The third kappa shape index (κ3) is 4.22. The van der Waals surface area contributed by atoms with E-state index in [9.17, 15) is 0 Å². The minimum Gasteiger partial charge on any atom is -0.368 e. The lowest BCUT2D eigenvalue weighted by atomic mass is 10.2. The largest absolute Gasteiger partial charge is 0.368 e. The van der Waals surface area contributed by atoms with E-state index in [0.717, 1.165) is 23.7 Å². The lowest BCUT2D eigenvalue weighted by Gasteiger charge is -2.18. The van der Waals surface area contributed by atoms with Gasteiger partial charge in [0.1, 0.15) is 0 Å². The summed E-state index contributed by atoms with van der Waals surface area (Å²) in [6.45, 7) is 5.77. The number of anilines is 2. The molecule has 0 bridgehead atoms. The molecule has 2 N–H and O–H groups in total. The Kier molecular flexibility index (Phi) is 5.64. The lowest BCUT2D eigenvalue weighted by Crippen LogP contribution is -2.25. The molecule has 0 aliphatic heterocycles. The van der Waals surface area contributed by atoms with Gasteiger partial charge < -0.3 is 10.6 Å². The number of aromatic nitrogens is 3. The minimum atomic E-state index is 0.244. The second-order valence-electron chi connectivity index (χ2n) is 4.33. The highest BCUT2D eigenvalue weighted by atomic mass is 35.5. The Morgan fingerprint density at radius 3 is 2.52 bits per heavy atom. The molecule has 0 aliphatic rings. The van der Waals surface area contributed by atoms with Crippen LogP contribution in [0.15, 0.2) is 29.4 Å². The molecule has 7 heteroatoms. The molecule has 5 nitrogen and oxygen atoms in total. The molecule has 0 fully saturated rings. The molecule has 21 heavy (non-hydrogen) atoms. The number of nitrogen functional groups attached to an aromatic ring is 1. The molecule has 0 unspecified atom stereocenters. The summed E-state index contributed by atoms with van der Waals surface area (Å²) in [4.78, 5) is 14.9. The molecule has 112 valence electrons. The van der Waals surface area contributed by atoms with Crippen molar-refractivity contribution < 1.29 is 0 Å². The topological polar surface area (TPSA) is 67.9 Å². The normalized spacial score (nSPS) is 10.6.